The highest BCUT2D eigenvalue weighted by molar-refractivity contribution is 7.17. The first-order valence-electron chi connectivity index (χ1n) is 8.18. The van der Waals surface area contributed by atoms with E-state index in [2.05, 4.69) is 15.8 Å². The van der Waals surface area contributed by atoms with Crippen molar-refractivity contribution in [2.45, 2.75) is 13.8 Å². The minimum atomic E-state index is -0.377. The zero-order valence-electron chi connectivity index (χ0n) is 14.6. The first-order valence-corrected chi connectivity index (χ1v) is 9.06. The van der Waals surface area contributed by atoms with Crippen LogP contribution in [0.2, 0.25) is 0 Å². The van der Waals surface area contributed by atoms with Gasteiger partial charge in [0.05, 0.1) is 12.8 Å². The van der Waals surface area contributed by atoms with Gasteiger partial charge in [0.2, 0.25) is 0 Å². The molecule has 5 nitrogen and oxygen atoms in total. The van der Waals surface area contributed by atoms with Crippen molar-refractivity contribution in [3.05, 3.63) is 70.1 Å². The van der Waals surface area contributed by atoms with E-state index in [1.54, 1.807) is 23.6 Å². The summed E-state index contributed by atoms with van der Waals surface area (Å²) >= 11 is 1.63. The SMILES string of the molecule is Cc1ccc(C(=O)NCC(=O)NN=Cc2csc3ccccc23)cc1C. The Kier molecular flexibility index (Phi) is 5.43. The third kappa shape index (κ3) is 4.15. The third-order valence-corrected chi connectivity index (χ3v) is 5.06. The minimum absolute atomic E-state index is 0.131. The smallest absolute Gasteiger partial charge is 0.259 e. The standard InChI is InChI=1S/C20H19N3O2S/c1-13-7-8-15(9-14(13)2)20(25)21-11-19(24)23-22-10-16-12-26-18-6-4-3-5-17(16)18/h3-10,12H,11H2,1-2H3,(H,21,25)(H,23,24). The fourth-order valence-electron chi connectivity index (χ4n) is 2.46. The van der Waals surface area contributed by atoms with Crippen LogP contribution in [0.5, 0.6) is 0 Å². The molecule has 0 saturated carbocycles. The molecule has 1 heterocycles. The lowest BCUT2D eigenvalue weighted by Crippen LogP contribution is -2.34. The molecule has 0 aliphatic rings. The third-order valence-electron chi connectivity index (χ3n) is 4.08. The van der Waals surface area contributed by atoms with Gasteiger partial charge in [-0.2, -0.15) is 5.10 Å². The summed E-state index contributed by atoms with van der Waals surface area (Å²) in [5.74, 6) is -0.658. The highest BCUT2D eigenvalue weighted by Gasteiger charge is 2.08. The van der Waals surface area contributed by atoms with Gasteiger partial charge in [-0.3, -0.25) is 9.59 Å². The number of rotatable bonds is 5. The average molecular weight is 365 g/mol. The Labute approximate surface area is 155 Å². The van der Waals surface area contributed by atoms with Crippen molar-refractivity contribution < 1.29 is 9.59 Å². The summed E-state index contributed by atoms with van der Waals surface area (Å²) < 4.78 is 1.17. The van der Waals surface area contributed by atoms with Gasteiger partial charge in [-0.05, 0) is 43.2 Å². The van der Waals surface area contributed by atoms with E-state index in [0.29, 0.717) is 5.56 Å². The van der Waals surface area contributed by atoms with Crippen LogP contribution < -0.4 is 10.7 Å². The normalized spacial score (nSPS) is 11.0. The molecule has 2 aromatic carbocycles. The van der Waals surface area contributed by atoms with Crippen molar-refractivity contribution in [1.82, 2.24) is 10.7 Å². The lowest BCUT2D eigenvalue weighted by Gasteiger charge is -2.06. The number of thiophene rings is 1. The Morgan fingerprint density at radius 1 is 1.12 bits per heavy atom. The number of hydrogen-bond acceptors (Lipinski definition) is 4. The second-order valence-electron chi connectivity index (χ2n) is 5.96. The van der Waals surface area contributed by atoms with Crippen molar-refractivity contribution in [2.24, 2.45) is 5.10 Å². The number of hydrogen-bond donors (Lipinski definition) is 2. The van der Waals surface area contributed by atoms with Gasteiger partial charge < -0.3 is 5.32 Å². The predicted molar refractivity (Wildman–Crippen MR) is 106 cm³/mol. The molecule has 0 aliphatic heterocycles. The number of benzene rings is 2. The Bertz CT molecular complexity index is 992. The molecular weight excluding hydrogens is 346 g/mol. The topological polar surface area (TPSA) is 70.6 Å². The van der Waals surface area contributed by atoms with Crippen molar-refractivity contribution >= 4 is 39.5 Å². The molecule has 2 N–H and O–H groups in total. The van der Waals surface area contributed by atoms with Crippen LogP contribution in [-0.2, 0) is 4.79 Å². The quantitative estimate of drug-likeness (QED) is 0.537. The van der Waals surface area contributed by atoms with Gasteiger partial charge in [0.15, 0.2) is 0 Å². The fourth-order valence-corrected chi connectivity index (χ4v) is 3.37. The monoisotopic (exact) mass is 365 g/mol. The molecule has 26 heavy (non-hydrogen) atoms. The number of carbonyl (C=O) groups excluding carboxylic acids is 2. The number of aryl methyl sites for hydroxylation is 2. The zero-order valence-corrected chi connectivity index (χ0v) is 15.4. The van der Waals surface area contributed by atoms with E-state index in [4.69, 9.17) is 0 Å². The van der Waals surface area contributed by atoms with Crippen molar-refractivity contribution in [1.29, 1.82) is 0 Å². The van der Waals surface area contributed by atoms with Gasteiger partial charge in [0.25, 0.3) is 11.8 Å². The van der Waals surface area contributed by atoms with E-state index >= 15 is 0 Å². The minimum Gasteiger partial charge on any atom is -0.343 e. The molecule has 2 amide bonds. The Hall–Kier alpha value is -2.99. The van der Waals surface area contributed by atoms with E-state index < -0.39 is 0 Å². The van der Waals surface area contributed by atoms with Crippen LogP contribution in [-0.4, -0.2) is 24.6 Å². The van der Waals surface area contributed by atoms with Crippen LogP contribution in [0, 0.1) is 13.8 Å². The maximum absolute atomic E-state index is 12.1. The number of nitrogens with zero attached hydrogens (tertiary/aromatic N) is 1. The van der Waals surface area contributed by atoms with E-state index in [0.717, 1.165) is 22.1 Å². The Morgan fingerprint density at radius 3 is 2.73 bits per heavy atom. The summed E-state index contributed by atoms with van der Waals surface area (Å²) in [5, 5.41) is 9.65. The first-order chi connectivity index (χ1) is 12.5. The van der Waals surface area contributed by atoms with Gasteiger partial charge in [-0.15, -0.1) is 11.3 Å². The molecule has 0 spiro atoms. The molecule has 0 radical (unpaired) electrons. The second-order valence-corrected chi connectivity index (χ2v) is 6.87. The molecule has 6 heteroatoms. The lowest BCUT2D eigenvalue weighted by atomic mass is 10.1. The summed E-state index contributed by atoms with van der Waals surface area (Å²) in [6.07, 6.45) is 1.61. The van der Waals surface area contributed by atoms with Gasteiger partial charge in [0.1, 0.15) is 0 Å². The molecule has 132 valence electrons. The van der Waals surface area contributed by atoms with E-state index in [1.165, 1.54) is 4.70 Å². The number of hydrazone groups is 1. The van der Waals surface area contributed by atoms with Crippen LogP contribution in [0.1, 0.15) is 27.0 Å². The van der Waals surface area contributed by atoms with Gasteiger partial charge in [-0.1, -0.05) is 24.3 Å². The molecule has 1 aromatic heterocycles. The summed E-state index contributed by atoms with van der Waals surface area (Å²) in [4.78, 5) is 23.9. The summed E-state index contributed by atoms with van der Waals surface area (Å²) in [7, 11) is 0. The van der Waals surface area contributed by atoms with Crippen LogP contribution in [0.3, 0.4) is 0 Å². The van der Waals surface area contributed by atoms with Gasteiger partial charge in [0, 0.05) is 26.6 Å². The average Bonchev–Trinajstić information content (AvgIpc) is 3.05. The summed E-state index contributed by atoms with van der Waals surface area (Å²) in [6.45, 7) is 3.80. The molecule has 0 saturated heterocycles. The molecule has 3 aromatic rings. The molecular formula is C20H19N3O2S. The summed E-state index contributed by atoms with van der Waals surface area (Å²) in [5.41, 5.74) is 6.08. The maximum Gasteiger partial charge on any atom is 0.259 e. The largest absolute Gasteiger partial charge is 0.343 e. The van der Waals surface area contributed by atoms with E-state index in [1.807, 2.05) is 55.6 Å². The molecule has 0 bridgehead atoms. The fraction of sp³-hybridized carbons (Fsp3) is 0.150. The predicted octanol–water partition coefficient (Wildman–Crippen LogP) is 3.40. The number of carbonyl (C=O) groups is 2. The molecule has 0 unspecified atom stereocenters. The highest BCUT2D eigenvalue weighted by atomic mass is 32.1. The second kappa shape index (κ2) is 7.93. The highest BCUT2D eigenvalue weighted by Crippen LogP contribution is 2.24. The van der Waals surface area contributed by atoms with Crippen LogP contribution >= 0.6 is 11.3 Å². The van der Waals surface area contributed by atoms with Crippen molar-refractivity contribution in [2.75, 3.05) is 6.54 Å². The van der Waals surface area contributed by atoms with Gasteiger partial charge in [-0.25, -0.2) is 5.43 Å². The van der Waals surface area contributed by atoms with Crippen molar-refractivity contribution in [3.8, 4) is 0 Å². The molecule has 0 atom stereocenters. The number of fused-ring (bicyclic) bond motifs is 1. The molecule has 3 rings (SSSR count). The zero-order chi connectivity index (χ0) is 18.5. The van der Waals surface area contributed by atoms with Crippen LogP contribution in [0.4, 0.5) is 0 Å². The van der Waals surface area contributed by atoms with Gasteiger partial charge >= 0.3 is 0 Å². The molecule has 0 aliphatic carbocycles. The van der Waals surface area contributed by atoms with E-state index in [9.17, 15) is 9.59 Å². The number of nitrogens with one attached hydrogen (secondary N) is 2. The maximum atomic E-state index is 12.1. The Balaban J connectivity index is 1.52. The Morgan fingerprint density at radius 2 is 1.92 bits per heavy atom. The first kappa shape index (κ1) is 17.8. The molecule has 0 fully saturated rings. The number of amides is 2. The van der Waals surface area contributed by atoms with E-state index in [-0.39, 0.29) is 18.4 Å². The van der Waals surface area contributed by atoms with Crippen molar-refractivity contribution in [3.63, 3.8) is 0 Å². The lowest BCUT2D eigenvalue weighted by molar-refractivity contribution is -0.120. The van der Waals surface area contributed by atoms with Crippen LogP contribution in [0.25, 0.3) is 10.1 Å². The van der Waals surface area contributed by atoms with Crippen LogP contribution in [0.15, 0.2) is 52.9 Å². The summed E-state index contributed by atoms with van der Waals surface area (Å²) in [6, 6.07) is 13.4.